The number of thioether (sulfide) groups is 1. The van der Waals surface area contributed by atoms with E-state index in [1.165, 1.54) is 37.1 Å². The number of methoxy groups -OCH3 is 1. The third-order valence-corrected chi connectivity index (χ3v) is 7.46. The Morgan fingerprint density at radius 3 is 2.72 bits per heavy atom. The highest BCUT2D eigenvalue weighted by Gasteiger charge is 2.25. The molecule has 29 heavy (non-hydrogen) atoms. The van der Waals surface area contributed by atoms with E-state index in [0.29, 0.717) is 22.1 Å². The number of carbonyl (C=O) groups is 2. The lowest BCUT2D eigenvalue weighted by Gasteiger charge is -2.21. The molecule has 1 aliphatic rings. The van der Waals surface area contributed by atoms with Gasteiger partial charge < -0.3 is 15.4 Å². The minimum Gasteiger partial charge on any atom is -0.495 e. The summed E-state index contributed by atoms with van der Waals surface area (Å²) in [5.74, 6) is -0.516. The normalized spacial score (nSPS) is 16.0. The number of sulfone groups is 1. The number of ether oxygens (including phenoxy) is 1. The summed E-state index contributed by atoms with van der Waals surface area (Å²) < 4.78 is 30.3. The highest BCUT2D eigenvalue weighted by Crippen LogP contribution is 2.37. The van der Waals surface area contributed by atoms with E-state index in [-0.39, 0.29) is 28.2 Å². The van der Waals surface area contributed by atoms with Gasteiger partial charge in [-0.25, -0.2) is 8.42 Å². The maximum atomic E-state index is 12.6. The number of hydrogen-bond donors (Lipinski definition) is 2. The smallest absolute Gasteiger partial charge is 0.237 e. The van der Waals surface area contributed by atoms with Crippen molar-refractivity contribution in [3.8, 4) is 5.75 Å². The molecule has 3 rings (SSSR count). The van der Waals surface area contributed by atoms with Crippen LogP contribution in [-0.2, 0) is 19.4 Å². The predicted molar refractivity (Wildman–Crippen MR) is 114 cm³/mol. The average molecular weight is 455 g/mol. The van der Waals surface area contributed by atoms with Crippen LogP contribution in [0.3, 0.4) is 0 Å². The molecule has 0 radical (unpaired) electrons. The first-order valence-corrected chi connectivity index (χ1v) is 11.6. The van der Waals surface area contributed by atoms with E-state index in [1.807, 2.05) is 0 Å². The Kier molecular flexibility index (Phi) is 6.40. The Morgan fingerprint density at radius 1 is 1.28 bits per heavy atom. The molecule has 10 heteroatoms. The van der Waals surface area contributed by atoms with Gasteiger partial charge in [-0.2, -0.15) is 0 Å². The molecule has 0 bridgehead atoms. The first-order chi connectivity index (χ1) is 13.7. The summed E-state index contributed by atoms with van der Waals surface area (Å²) in [7, 11) is -2.22. The Balaban J connectivity index is 1.65. The summed E-state index contributed by atoms with van der Waals surface area (Å²) >= 11 is 7.39. The minimum absolute atomic E-state index is 0.0620. The molecule has 2 N–H and O–H groups in total. The van der Waals surface area contributed by atoms with Crippen molar-refractivity contribution in [3.63, 3.8) is 0 Å². The number of amides is 2. The first-order valence-electron chi connectivity index (χ1n) is 8.67. The number of rotatable bonds is 6. The van der Waals surface area contributed by atoms with Crippen LogP contribution in [0.5, 0.6) is 5.75 Å². The highest BCUT2D eigenvalue weighted by molar-refractivity contribution is 8.01. The zero-order valence-electron chi connectivity index (χ0n) is 15.7. The summed E-state index contributed by atoms with van der Waals surface area (Å²) in [6.45, 7) is 1.78. The number of anilines is 2. The van der Waals surface area contributed by atoms with Crippen LogP contribution in [0.4, 0.5) is 11.4 Å². The van der Waals surface area contributed by atoms with Crippen molar-refractivity contribution >= 4 is 56.4 Å². The van der Waals surface area contributed by atoms with Gasteiger partial charge in [-0.1, -0.05) is 11.6 Å². The molecule has 0 aromatic heterocycles. The standard InChI is InChI=1S/C19H19ClN2O5S2/c1-11-19(24)22-15-10-13(4-6-17(15)28-11)29(25,26)8-7-18(23)21-12-3-5-16(27-2)14(20)9-12/h3-6,9-11H,7-8H2,1-2H3,(H,21,23)(H,22,24)/t11-/m1/s1. The summed E-state index contributed by atoms with van der Waals surface area (Å²) in [5, 5.41) is 5.42. The molecule has 0 fully saturated rings. The Bertz CT molecular complexity index is 1070. The van der Waals surface area contributed by atoms with Gasteiger partial charge in [0.25, 0.3) is 0 Å². The molecule has 7 nitrogen and oxygen atoms in total. The average Bonchev–Trinajstić information content (AvgIpc) is 2.67. The molecule has 0 saturated carbocycles. The Morgan fingerprint density at radius 2 is 2.03 bits per heavy atom. The predicted octanol–water partition coefficient (Wildman–Crippen LogP) is 3.58. The Hall–Kier alpha value is -2.23. The van der Waals surface area contributed by atoms with E-state index in [4.69, 9.17) is 16.3 Å². The number of nitrogens with one attached hydrogen (secondary N) is 2. The number of carbonyl (C=O) groups excluding carboxylic acids is 2. The van der Waals surface area contributed by atoms with Crippen LogP contribution < -0.4 is 15.4 Å². The first kappa shape index (κ1) is 21.5. The van der Waals surface area contributed by atoms with E-state index in [1.54, 1.807) is 25.1 Å². The van der Waals surface area contributed by atoms with Crippen molar-refractivity contribution in [2.75, 3.05) is 23.5 Å². The third kappa shape index (κ3) is 5.04. The number of benzene rings is 2. The van der Waals surface area contributed by atoms with Gasteiger partial charge in [0.05, 0.1) is 33.7 Å². The van der Waals surface area contributed by atoms with Crippen LogP contribution in [0.15, 0.2) is 46.2 Å². The summed E-state index contributed by atoms with van der Waals surface area (Å²) in [4.78, 5) is 24.8. The van der Waals surface area contributed by atoms with Gasteiger partial charge in [0.15, 0.2) is 9.84 Å². The molecule has 2 aromatic carbocycles. The molecule has 1 atom stereocenters. The van der Waals surface area contributed by atoms with Crippen molar-refractivity contribution < 1.29 is 22.7 Å². The maximum absolute atomic E-state index is 12.6. The Labute approximate surface area is 178 Å². The second-order valence-corrected chi connectivity index (χ2v) is 10.3. The summed E-state index contributed by atoms with van der Waals surface area (Å²) in [5.41, 5.74) is 0.914. The monoisotopic (exact) mass is 454 g/mol. The third-order valence-electron chi connectivity index (χ3n) is 4.27. The van der Waals surface area contributed by atoms with Gasteiger partial charge in [-0.15, -0.1) is 11.8 Å². The molecule has 1 heterocycles. The van der Waals surface area contributed by atoms with E-state index in [9.17, 15) is 18.0 Å². The zero-order valence-corrected chi connectivity index (χ0v) is 18.1. The van der Waals surface area contributed by atoms with Gasteiger partial charge in [0, 0.05) is 17.0 Å². The van der Waals surface area contributed by atoms with E-state index in [2.05, 4.69) is 10.6 Å². The van der Waals surface area contributed by atoms with Gasteiger partial charge in [0.2, 0.25) is 11.8 Å². The fourth-order valence-corrected chi connectivity index (χ4v) is 5.14. The second-order valence-electron chi connectivity index (χ2n) is 6.37. The van der Waals surface area contributed by atoms with Crippen molar-refractivity contribution in [1.29, 1.82) is 0 Å². The fraction of sp³-hybridized carbons (Fsp3) is 0.263. The molecular weight excluding hydrogens is 436 g/mol. The molecule has 154 valence electrons. The molecular formula is C19H19ClN2O5S2. The van der Waals surface area contributed by atoms with Crippen LogP contribution in [0.2, 0.25) is 5.02 Å². The molecule has 0 aliphatic carbocycles. The number of fused-ring (bicyclic) bond motifs is 1. The summed E-state index contributed by atoms with van der Waals surface area (Å²) in [6, 6.07) is 9.34. The van der Waals surface area contributed by atoms with Crippen molar-refractivity contribution in [1.82, 2.24) is 0 Å². The van der Waals surface area contributed by atoms with Crippen LogP contribution in [0.1, 0.15) is 13.3 Å². The van der Waals surface area contributed by atoms with Crippen molar-refractivity contribution in [2.24, 2.45) is 0 Å². The lowest BCUT2D eigenvalue weighted by atomic mass is 10.3. The zero-order chi connectivity index (χ0) is 21.2. The lowest BCUT2D eigenvalue weighted by molar-refractivity contribution is -0.116. The molecule has 0 saturated heterocycles. The van der Waals surface area contributed by atoms with Crippen LogP contribution in [-0.4, -0.2) is 38.3 Å². The van der Waals surface area contributed by atoms with E-state index in [0.717, 1.165) is 4.90 Å². The maximum Gasteiger partial charge on any atom is 0.237 e. The van der Waals surface area contributed by atoms with Gasteiger partial charge in [-0.3, -0.25) is 9.59 Å². The number of hydrogen-bond acceptors (Lipinski definition) is 6. The minimum atomic E-state index is -3.70. The summed E-state index contributed by atoms with van der Waals surface area (Å²) in [6.07, 6.45) is -0.221. The number of halogens is 1. The second kappa shape index (κ2) is 8.64. The van der Waals surface area contributed by atoms with Crippen LogP contribution in [0.25, 0.3) is 0 Å². The van der Waals surface area contributed by atoms with Crippen molar-refractivity contribution in [3.05, 3.63) is 41.4 Å². The lowest BCUT2D eigenvalue weighted by Crippen LogP contribution is -2.26. The van der Waals surface area contributed by atoms with E-state index < -0.39 is 15.7 Å². The molecule has 0 spiro atoms. The quantitative estimate of drug-likeness (QED) is 0.691. The van der Waals surface area contributed by atoms with Crippen LogP contribution in [0, 0.1) is 0 Å². The molecule has 0 unspecified atom stereocenters. The van der Waals surface area contributed by atoms with Gasteiger partial charge >= 0.3 is 0 Å². The van der Waals surface area contributed by atoms with Gasteiger partial charge in [0.1, 0.15) is 5.75 Å². The highest BCUT2D eigenvalue weighted by atomic mass is 35.5. The topological polar surface area (TPSA) is 102 Å². The van der Waals surface area contributed by atoms with E-state index >= 15 is 0 Å². The SMILES string of the molecule is COc1ccc(NC(=O)CCS(=O)(=O)c2ccc3c(c2)NC(=O)[C@@H](C)S3)cc1Cl. The van der Waals surface area contributed by atoms with Crippen LogP contribution >= 0.6 is 23.4 Å². The largest absolute Gasteiger partial charge is 0.495 e. The molecule has 2 aromatic rings. The molecule has 1 aliphatic heterocycles. The van der Waals surface area contributed by atoms with Gasteiger partial charge in [-0.05, 0) is 43.3 Å². The molecule has 2 amide bonds. The fourth-order valence-electron chi connectivity index (χ4n) is 2.69. The van der Waals surface area contributed by atoms with Crippen molar-refractivity contribution in [2.45, 2.75) is 28.4 Å².